The largest absolute Gasteiger partial charge is 0.488 e. The van der Waals surface area contributed by atoms with Gasteiger partial charge in [-0.15, -0.1) is 0 Å². The Balaban J connectivity index is 2.97. The third kappa shape index (κ3) is 3.43. The molecular weight excluding hydrogens is 184 g/mol. The van der Waals surface area contributed by atoms with Gasteiger partial charge in [0, 0.05) is 0 Å². The molecule has 0 saturated carbocycles. The molecule has 0 N–H and O–H groups in total. The second kappa shape index (κ2) is 4.09. The molecule has 1 heteroatoms. The first-order valence-corrected chi connectivity index (χ1v) is 5.25. The highest BCUT2D eigenvalue weighted by Crippen LogP contribution is 2.24. The van der Waals surface area contributed by atoms with Crippen LogP contribution in [-0.4, -0.2) is 5.60 Å². The van der Waals surface area contributed by atoms with Crippen LogP contribution in [0.5, 0.6) is 5.75 Å². The van der Waals surface area contributed by atoms with Crippen LogP contribution in [-0.2, 0) is 0 Å². The first-order valence-electron chi connectivity index (χ1n) is 5.25. The SMILES string of the molecule is C=C(C)c1ccc(OC(C)(C)C)cc1C. The van der Waals surface area contributed by atoms with Crippen LogP contribution in [0.1, 0.15) is 38.8 Å². The molecule has 15 heavy (non-hydrogen) atoms. The van der Waals surface area contributed by atoms with Crippen LogP contribution in [0, 0.1) is 6.92 Å². The van der Waals surface area contributed by atoms with E-state index in [2.05, 4.69) is 46.4 Å². The molecule has 0 unspecified atom stereocenters. The van der Waals surface area contributed by atoms with E-state index in [0.29, 0.717) is 0 Å². The van der Waals surface area contributed by atoms with Crippen molar-refractivity contribution >= 4 is 5.57 Å². The molecule has 0 aliphatic rings. The van der Waals surface area contributed by atoms with Gasteiger partial charge in [0.15, 0.2) is 0 Å². The van der Waals surface area contributed by atoms with E-state index in [9.17, 15) is 0 Å². The predicted octanol–water partition coefficient (Wildman–Crippen LogP) is 4.21. The Morgan fingerprint density at radius 2 is 1.87 bits per heavy atom. The van der Waals surface area contributed by atoms with Gasteiger partial charge in [-0.05, 0) is 57.9 Å². The van der Waals surface area contributed by atoms with Gasteiger partial charge in [0.1, 0.15) is 11.4 Å². The summed E-state index contributed by atoms with van der Waals surface area (Å²) in [5.41, 5.74) is 3.37. The van der Waals surface area contributed by atoms with Crippen LogP contribution in [0.2, 0.25) is 0 Å². The second-order valence-electron chi connectivity index (χ2n) is 4.97. The molecule has 0 bridgehead atoms. The van der Waals surface area contributed by atoms with Crippen LogP contribution in [0.25, 0.3) is 5.57 Å². The number of ether oxygens (including phenoxy) is 1. The van der Waals surface area contributed by atoms with Gasteiger partial charge >= 0.3 is 0 Å². The standard InChI is InChI=1S/C14H20O/c1-10(2)13-8-7-12(9-11(13)3)15-14(4,5)6/h7-9H,1H2,2-6H3. The van der Waals surface area contributed by atoms with E-state index < -0.39 is 0 Å². The van der Waals surface area contributed by atoms with E-state index in [4.69, 9.17) is 4.74 Å². The van der Waals surface area contributed by atoms with Gasteiger partial charge in [0.05, 0.1) is 0 Å². The minimum Gasteiger partial charge on any atom is -0.488 e. The summed E-state index contributed by atoms with van der Waals surface area (Å²) in [6.07, 6.45) is 0. The molecule has 0 spiro atoms. The summed E-state index contributed by atoms with van der Waals surface area (Å²) in [5, 5.41) is 0. The Kier molecular flexibility index (Phi) is 3.23. The number of hydrogen-bond donors (Lipinski definition) is 0. The molecule has 82 valence electrons. The third-order valence-electron chi connectivity index (χ3n) is 2.08. The van der Waals surface area contributed by atoms with Crippen LogP contribution < -0.4 is 4.74 Å². The molecule has 0 amide bonds. The quantitative estimate of drug-likeness (QED) is 0.701. The van der Waals surface area contributed by atoms with Gasteiger partial charge < -0.3 is 4.74 Å². The van der Waals surface area contributed by atoms with E-state index in [0.717, 1.165) is 11.3 Å². The molecule has 0 heterocycles. The summed E-state index contributed by atoms with van der Waals surface area (Å²) >= 11 is 0. The molecule has 0 aromatic heterocycles. The summed E-state index contributed by atoms with van der Waals surface area (Å²) in [6, 6.07) is 6.14. The van der Waals surface area contributed by atoms with Crippen molar-refractivity contribution in [3.63, 3.8) is 0 Å². The lowest BCUT2D eigenvalue weighted by molar-refractivity contribution is 0.131. The number of rotatable bonds is 2. The van der Waals surface area contributed by atoms with Crippen molar-refractivity contribution in [3.8, 4) is 5.75 Å². The average Bonchev–Trinajstić information content (AvgIpc) is 1.99. The highest BCUT2D eigenvalue weighted by Gasteiger charge is 2.12. The maximum absolute atomic E-state index is 5.79. The second-order valence-corrected chi connectivity index (χ2v) is 4.97. The van der Waals surface area contributed by atoms with Crippen LogP contribution in [0.3, 0.4) is 0 Å². The van der Waals surface area contributed by atoms with Crippen molar-refractivity contribution in [3.05, 3.63) is 35.9 Å². The Morgan fingerprint density at radius 1 is 1.27 bits per heavy atom. The molecule has 1 rings (SSSR count). The van der Waals surface area contributed by atoms with Crippen molar-refractivity contribution in [1.29, 1.82) is 0 Å². The summed E-state index contributed by atoms with van der Waals surface area (Å²) in [7, 11) is 0. The molecule has 0 saturated heterocycles. The van der Waals surface area contributed by atoms with E-state index in [1.807, 2.05) is 13.0 Å². The molecule has 0 aliphatic heterocycles. The lowest BCUT2D eigenvalue weighted by Crippen LogP contribution is -2.22. The molecule has 1 aromatic rings. The summed E-state index contributed by atoms with van der Waals surface area (Å²) in [4.78, 5) is 0. The molecule has 1 nitrogen and oxygen atoms in total. The molecule has 0 fully saturated rings. The van der Waals surface area contributed by atoms with Gasteiger partial charge in [-0.2, -0.15) is 0 Å². The zero-order chi connectivity index (χ0) is 11.6. The fourth-order valence-electron chi connectivity index (χ4n) is 1.53. The first kappa shape index (κ1) is 11.8. The summed E-state index contributed by atoms with van der Waals surface area (Å²) in [5.74, 6) is 0.921. The Morgan fingerprint density at radius 3 is 2.27 bits per heavy atom. The van der Waals surface area contributed by atoms with Crippen LogP contribution in [0.15, 0.2) is 24.8 Å². The lowest BCUT2D eigenvalue weighted by atomic mass is 10.0. The Hall–Kier alpha value is -1.24. The smallest absolute Gasteiger partial charge is 0.120 e. The Bertz CT molecular complexity index is 369. The zero-order valence-electron chi connectivity index (χ0n) is 10.3. The molecule has 1 aromatic carbocycles. The average molecular weight is 204 g/mol. The zero-order valence-corrected chi connectivity index (χ0v) is 10.3. The minimum atomic E-state index is -0.142. The van der Waals surface area contributed by atoms with Gasteiger partial charge in [0.2, 0.25) is 0 Å². The molecule has 0 aliphatic carbocycles. The summed E-state index contributed by atoms with van der Waals surface area (Å²) < 4.78 is 5.79. The topological polar surface area (TPSA) is 9.23 Å². The molecular formula is C14H20O. The van der Waals surface area contributed by atoms with Crippen molar-refractivity contribution in [2.75, 3.05) is 0 Å². The van der Waals surface area contributed by atoms with E-state index in [1.165, 1.54) is 11.1 Å². The maximum atomic E-state index is 5.79. The van der Waals surface area contributed by atoms with E-state index in [-0.39, 0.29) is 5.60 Å². The number of allylic oxidation sites excluding steroid dienone is 1. The van der Waals surface area contributed by atoms with Gasteiger partial charge in [0.25, 0.3) is 0 Å². The van der Waals surface area contributed by atoms with Crippen LogP contribution >= 0.6 is 0 Å². The fourth-order valence-corrected chi connectivity index (χ4v) is 1.53. The third-order valence-corrected chi connectivity index (χ3v) is 2.08. The van der Waals surface area contributed by atoms with E-state index >= 15 is 0 Å². The first-order chi connectivity index (χ1) is 6.79. The van der Waals surface area contributed by atoms with Crippen molar-refractivity contribution in [2.24, 2.45) is 0 Å². The maximum Gasteiger partial charge on any atom is 0.120 e. The molecule has 0 radical (unpaired) electrons. The molecule has 0 atom stereocenters. The van der Waals surface area contributed by atoms with Gasteiger partial charge in [-0.1, -0.05) is 18.2 Å². The number of benzene rings is 1. The monoisotopic (exact) mass is 204 g/mol. The predicted molar refractivity (Wildman–Crippen MR) is 66.3 cm³/mol. The Labute approximate surface area is 92.8 Å². The minimum absolute atomic E-state index is 0.142. The fraction of sp³-hybridized carbons (Fsp3) is 0.429. The van der Waals surface area contributed by atoms with Crippen molar-refractivity contribution in [2.45, 2.75) is 40.2 Å². The summed E-state index contributed by atoms with van der Waals surface area (Å²) in [6.45, 7) is 14.2. The highest BCUT2D eigenvalue weighted by molar-refractivity contribution is 5.65. The van der Waals surface area contributed by atoms with Gasteiger partial charge in [-0.3, -0.25) is 0 Å². The number of aryl methyl sites for hydroxylation is 1. The van der Waals surface area contributed by atoms with Crippen molar-refractivity contribution in [1.82, 2.24) is 0 Å². The van der Waals surface area contributed by atoms with Crippen LogP contribution in [0.4, 0.5) is 0 Å². The number of hydrogen-bond acceptors (Lipinski definition) is 1. The lowest BCUT2D eigenvalue weighted by Gasteiger charge is -2.22. The van der Waals surface area contributed by atoms with Gasteiger partial charge in [-0.25, -0.2) is 0 Å². The van der Waals surface area contributed by atoms with E-state index in [1.54, 1.807) is 0 Å². The normalized spacial score (nSPS) is 11.3. The van der Waals surface area contributed by atoms with Crippen molar-refractivity contribution < 1.29 is 4.74 Å². The highest BCUT2D eigenvalue weighted by atomic mass is 16.5.